The van der Waals surface area contributed by atoms with Crippen molar-refractivity contribution in [2.45, 2.75) is 37.7 Å². The van der Waals surface area contributed by atoms with E-state index in [0.29, 0.717) is 12.5 Å². The van der Waals surface area contributed by atoms with E-state index < -0.39 is 18.3 Å². The highest BCUT2D eigenvalue weighted by molar-refractivity contribution is 4.99. The first-order valence-electron chi connectivity index (χ1n) is 4.89. The maximum Gasteiger partial charge on any atom is 0.108 e. The Morgan fingerprint density at radius 3 is 2.54 bits per heavy atom. The van der Waals surface area contributed by atoms with E-state index in [1.54, 1.807) is 0 Å². The van der Waals surface area contributed by atoms with E-state index in [1.807, 2.05) is 0 Å². The number of aliphatic hydroxyl groups is 3. The van der Waals surface area contributed by atoms with E-state index in [4.69, 9.17) is 0 Å². The molecule has 5 unspecified atom stereocenters. The Morgan fingerprint density at radius 1 is 1.15 bits per heavy atom. The van der Waals surface area contributed by atoms with Crippen molar-refractivity contribution < 1.29 is 15.3 Å². The Kier molecular flexibility index (Phi) is 2.32. The van der Waals surface area contributed by atoms with Crippen LogP contribution in [0.4, 0.5) is 0 Å². The van der Waals surface area contributed by atoms with Crippen LogP contribution in [-0.4, -0.2) is 57.7 Å². The summed E-state index contributed by atoms with van der Waals surface area (Å²) in [5.41, 5.74) is 0. The summed E-state index contributed by atoms with van der Waals surface area (Å²) in [6.45, 7) is 3.50. The van der Waals surface area contributed by atoms with E-state index >= 15 is 0 Å². The van der Waals surface area contributed by atoms with Crippen molar-refractivity contribution in [2.75, 3.05) is 13.1 Å². The van der Waals surface area contributed by atoms with Gasteiger partial charge in [-0.2, -0.15) is 0 Å². The first kappa shape index (κ1) is 9.40. The van der Waals surface area contributed by atoms with E-state index in [-0.39, 0.29) is 6.04 Å². The molecule has 0 radical (unpaired) electrons. The van der Waals surface area contributed by atoms with Gasteiger partial charge in [-0.3, -0.25) is 4.90 Å². The van der Waals surface area contributed by atoms with Gasteiger partial charge in [-0.05, 0) is 18.9 Å². The third-order valence-electron chi connectivity index (χ3n) is 3.39. The minimum Gasteiger partial charge on any atom is -0.389 e. The van der Waals surface area contributed by atoms with Gasteiger partial charge in [0.05, 0.1) is 12.2 Å². The molecule has 4 nitrogen and oxygen atoms in total. The van der Waals surface area contributed by atoms with E-state index in [9.17, 15) is 15.3 Å². The molecule has 2 heterocycles. The molecule has 2 rings (SSSR count). The van der Waals surface area contributed by atoms with Crippen LogP contribution in [0.5, 0.6) is 0 Å². The molecule has 0 saturated carbocycles. The molecule has 0 amide bonds. The summed E-state index contributed by atoms with van der Waals surface area (Å²) in [7, 11) is 0. The summed E-state index contributed by atoms with van der Waals surface area (Å²) in [6.07, 6.45) is -1.51. The molecule has 0 aliphatic carbocycles. The van der Waals surface area contributed by atoms with Crippen LogP contribution in [-0.2, 0) is 0 Å². The topological polar surface area (TPSA) is 63.9 Å². The lowest BCUT2D eigenvalue weighted by Crippen LogP contribution is -2.60. The van der Waals surface area contributed by atoms with Gasteiger partial charge in [-0.1, -0.05) is 6.92 Å². The van der Waals surface area contributed by atoms with Gasteiger partial charge < -0.3 is 15.3 Å². The van der Waals surface area contributed by atoms with Crippen molar-refractivity contribution in [1.29, 1.82) is 0 Å². The van der Waals surface area contributed by atoms with Crippen LogP contribution in [0.25, 0.3) is 0 Å². The van der Waals surface area contributed by atoms with Gasteiger partial charge in [0.15, 0.2) is 0 Å². The fourth-order valence-electron chi connectivity index (χ4n) is 2.59. The molecule has 2 aliphatic heterocycles. The number of aliphatic hydroxyl groups excluding tert-OH is 3. The predicted octanol–water partition coefficient (Wildman–Crippen LogP) is -1.21. The van der Waals surface area contributed by atoms with Crippen LogP contribution in [0.2, 0.25) is 0 Å². The number of hydrogen-bond acceptors (Lipinski definition) is 4. The van der Waals surface area contributed by atoms with Crippen LogP contribution >= 0.6 is 0 Å². The fraction of sp³-hybridized carbons (Fsp3) is 1.00. The first-order chi connectivity index (χ1) is 6.11. The summed E-state index contributed by atoms with van der Waals surface area (Å²) >= 11 is 0. The molecule has 5 atom stereocenters. The SMILES string of the molecule is CC1CCN2CC(O)C(O)C(O)C12. The lowest BCUT2D eigenvalue weighted by atomic mass is 9.89. The molecular formula is C9H17NO3. The highest BCUT2D eigenvalue weighted by Gasteiger charge is 2.46. The van der Waals surface area contributed by atoms with Crippen molar-refractivity contribution in [1.82, 2.24) is 4.90 Å². The average molecular weight is 187 g/mol. The van der Waals surface area contributed by atoms with Crippen molar-refractivity contribution in [3.8, 4) is 0 Å². The highest BCUT2D eigenvalue weighted by atomic mass is 16.4. The number of nitrogens with zero attached hydrogens (tertiary/aromatic N) is 1. The van der Waals surface area contributed by atoms with Crippen LogP contribution in [0.15, 0.2) is 0 Å². The van der Waals surface area contributed by atoms with Crippen LogP contribution in [0, 0.1) is 5.92 Å². The molecule has 13 heavy (non-hydrogen) atoms. The summed E-state index contributed by atoms with van der Waals surface area (Å²) in [6, 6.07) is 0.0402. The Balaban J connectivity index is 2.15. The second-order valence-electron chi connectivity index (χ2n) is 4.30. The maximum atomic E-state index is 9.74. The summed E-state index contributed by atoms with van der Waals surface area (Å²) in [5, 5.41) is 28.7. The normalized spacial score (nSPS) is 52.2. The second-order valence-corrected chi connectivity index (χ2v) is 4.30. The molecule has 76 valence electrons. The van der Waals surface area contributed by atoms with Gasteiger partial charge in [-0.15, -0.1) is 0 Å². The Morgan fingerprint density at radius 2 is 1.85 bits per heavy atom. The zero-order chi connectivity index (χ0) is 9.59. The number of piperidine rings is 1. The molecule has 0 aromatic heterocycles. The minimum absolute atomic E-state index is 0.0402. The average Bonchev–Trinajstić information content (AvgIpc) is 2.43. The van der Waals surface area contributed by atoms with Crippen molar-refractivity contribution in [3.05, 3.63) is 0 Å². The van der Waals surface area contributed by atoms with Crippen molar-refractivity contribution in [3.63, 3.8) is 0 Å². The van der Waals surface area contributed by atoms with Gasteiger partial charge in [0.1, 0.15) is 6.10 Å². The summed E-state index contributed by atoms with van der Waals surface area (Å²) in [4.78, 5) is 2.08. The molecule has 2 aliphatic rings. The van der Waals surface area contributed by atoms with E-state index in [2.05, 4.69) is 11.8 Å². The highest BCUT2D eigenvalue weighted by Crippen LogP contribution is 2.31. The molecule has 0 spiro atoms. The van der Waals surface area contributed by atoms with E-state index in [0.717, 1.165) is 13.0 Å². The number of fused-ring (bicyclic) bond motifs is 1. The Labute approximate surface area is 77.8 Å². The largest absolute Gasteiger partial charge is 0.389 e. The van der Waals surface area contributed by atoms with E-state index in [1.165, 1.54) is 0 Å². The molecule has 0 aromatic rings. The molecule has 4 heteroatoms. The predicted molar refractivity (Wildman–Crippen MR) is 47.2 cm³/mol. The monoisotopic (exact) mass is 187 g/mol. The van der Waals surface area contributed by atoms with Crippen LogP contribution < -0.4 is 0 Å². The molecule has 0 aromatic carbocycles. The van der Waals surface area contributed by atoms with Gasteiger partial charge in [0.25, 0.3) is 0 Å². The quantitative estimate of drug-likeness (QED) is 0.445. The van der Waals surface area contributed by atoms with Crippen molar-refractivity contribution >= 4 is 0 Å². The minimum atomic E-state index is -0.971. The summed E-state index contributed by atoms with van der Waals surface area (Å²) in [5.74, 6) is 0.414. The molecule has 3 N–H and O–H groups in total. The Bertz CT molecular complexity index is 199. The van der Waals surface area contributed by atoms with Crippen molar-refractivity contribution in [2.24, 2.45) is 5.92 Å². The molecule has 2 fully saturated rings. The third-order valence-corrected chi connectivity index (χ3v) is 3.39. The Hall–Kier alpha value is -0.160. The zero-order valence-electron chi connectivity index (χ0n) is 7.80. The van der Waals surface area contributed by atoms with Gasteiger partial charge in [0.2, 0.25) is 0 Å². The molecule has 2 saturated heterocycles. The fourth-order valence-corrected chi connectivity index (χ4v) is 2.59. The lowest BCUT2D eigenvalue weighted by molar-refractivity contribution is -0.132. The summed E-state index contributed by atoms with van der Waals surface area (Å²) < 4.78 is 0. The standard InChI is InChI=1S/C9H17NO3/c1-5-2-3-10-4-6(11)8(12)9(13)7(5)10/h5-9,11-13H,2-4H2,1H3. The van der Waals surface area contributed by atoms with Gasteiger partial charge >= 0.3 is 0 Å². The second kappa shape index (κ2) is 3.20. The number of rotatable bonds is 0. The van der Waals surface area contributed by atoms with Gasteiger partial charge in [0, 0.05) is 12.6 Å². The third kappa shape index (κ3) is 1.38. The van der Waals surface area contributed by atoms with Gasteiger partial charge in [-0.25, -0.2) is 0 Å². The van der Waals surface area contributed by atoms with Crippen LogP contribution in [0.3, 0.4) is 0 Å². The zero-order valence-corrected chi connectivity index (χ0v) is 7.80. The smallest absolute Gasteiger partial charge is 0.108 e. The first-order valence-corrected chi connectivity index (χ1v) is 4.89. The lowest BCUT2D eigenvalue weighted by Gasteiger charge is -2.41. The number of hydrogen-bond donors (Lipinski definition) is 3. The molecule has 0 bridgehead atoms. The maximum absolute atomic E-state index is 9.74. The van der Waals surface area contributed by atoms with Crippen LogP contribution in [0.1, 0.15) is 13.3 Å². The molecular weight excluding hydrogens is 170 g/mol.